The normalized spacial score (nSPS) is 21.1. The van der Waals surface area contributed by atoms with Crippen molar-refractivity contribution in [2.45, 2.75) is 25.4 Å². The Hall–Kier alpha value is -1.95. The molecule has 1 aromatic rings. The van der Waals surface area contributed by atoms with Crippen LogP contribution in [0.1, 0.15) is 17.5 Å². The lowest BCUT2D eigenvalue weighted by Crippen LogP contribution is -2.31. The molecule has 2 N–H and O–H groups in total. The standard InChI is InChI=1S/C16H21FN2O7S/c1-24-4-5-25-9-26-13-6-10-2-3-11(20)7-12(10)15(17)16(13)19-8-14(21)18-27(19,22)23/h6,11,20H,2-5,7-9H2,1H3,(H,18,21). The second kappa shape index (κ2) is 7.97. The molecule has 1 saturated heterocycles. The third-order valence-electron chi connectivity index (χ3n) is 4.38. The van der Waals surface area contributed by atoms with Gasteiger partial charge in [-0.25, -0.2) is 13.4 Å². The fourth-order valence-electron chi connectivity index (χ4n) is 3.10. The van der Waals surface area contributed by atoms with Crippen LogP contribution in [0.2, 0.25) is 0 Å². The Morgan fingerprint density at radius 1 is 1.41 bits per heavy atom. The Bertz CT molecular complexity index is 831. The molecule has 0 aromatic heterocycles. The second-order valence-corrected chi connectivity index (χ2v) is 7.87. The minimum absolute atomic E-state index is 0.0415. The summed E-state index contributed by atoms with van der Waals surface area (Å²) in [7, 11) is -2.71. The molecule has 150 valence electrons. The summed E-state index contributed by atoms with van der Waals surface area (Å²) in [5.41, 5.74) is 0.492. The highest BCUT2D eigenvalue weighted by atomic mass is 32.2. The van der Waals surface area contributed by atoms with E-state index in [1.54, 1.807) is 0 Å². The first kappa shape index (κ1) is 19.8. The highest BCUT2D eigenvalue weighted by molar-refractivity contribution is 7.92. The quantitative estimate of drug-likeness (QED) is 0.480. The molecule has 27 heavy (non-hydrogen) atoms. The van der Waals surface area contributed by atoms with Gasteiger partial charge in [-0.15, -0.1) is 0 Å². The highest BCUT2D eigenvalue weighted by Crippen LogP contribution is 2.40. The Labute approximate surface area is 156 Å². The molecule has 1 unspecified atom stereocenters. The van der Waals surface area contributed by atoms with Gasteiger partial charge in [-0.2, -0.15) is 8.42 Å². The van der Waals surface area contributed by atoms with Crippen LogP contribution in [0, 0.1) is 5.82 Å². The number of rotatable bonds is 7. The number of amides is 1. The predicted octanol–water partition coefficient (Wildman–Crippen LogP) is -0.144. The number of methoxy groups -OCH3 is 1. The molecule has 9 nitrogen and oxygen atoms in total. The van der Waals surface area contributed by atoms with E-state index in [-0.39, 0.29) is 36.8 Å². The number of benzene rings is 1. The SMILES string of the molecule is COCCOCOc1cc2c(c(F)c1N1CC(=O)NS1(=O)=O)CC(O)CC2. The van der Waals surface area contributed by atoms with Gasteiger partial charge >= 0.3 is 10.2 Å². The maximum absolute atomic E-state index is 15.2. The third kappa shape index (κ3) is 4.15. The van der Waals surface area contributed by atoms with Gasteiger partial charge < -0.3 is 19.3 Å². The Kier molecular flexibility index (Phi) is 5.84. The summed E-state index contributed by atoms with van der Waals surface area (Å²) in [5.74, 6) is -1.63. The van der Waals surface area contributed by atoms with Crippen molar-refractivity contribution in [3.05, 3.63) is 23.0 Å². The first-order valence-corrected chi connectivity index (χ1v) is 9.82. The van der Waals surface area contributed by atoms with Crippen molar-refractivity contribution in [2.75, 3.05) is 38.0 Å². The summed E-state index contributed by atoms with van der Waals surface area (Å²) in [6.07, 6.45) is 0.253. The van der Waals surface area contributed by atoms with Crippen molar-refractivity contribution in [1.82, 2.24) is 4.72 Å². The van der Waals surface area contributed by atoms with Crippen LogP contribution in [0.25, 0.3) is 0 Å². The molecular weight excluding hydrogens is 383 g/mol. The number of nitrogens with one attached hydrogen (secondary N) is 1. The van der Waals surface area contributed by atoms with Gasteiger partial charge in [0.25, 0.3) is 5.91 Å². The van der Waals surface area contributed by atoms with E-state index in [9.17, 15) is 18.3 Å². The Morgan fingerprint density at radius 3 is 2.85 bits per heavy atom. The van der Waals surface area contributed by atoms with Crippen LogP contribution in [0.3, 0.4) is 0 Å². The van der Waals surface area contributed by atoms with Crippen molar-refractivity contribution in [2.24, 2.45) is 0 Å². The predicted molar refractivity (Wildman–Crippen MR) is 92.2 cm³/mol. The molecule has 1 aliphatic heterocycles. The molecular formula is C16H21FN2O7S. The lowest BCUT2D eigenvalue weighted by Gasteiger charge is -2.26. The number of nitrogens with zero attached hydrogens (tertiary/aromatic N) is 1. The van der Waals surface area contributed by atoms with Gasteiger partial charge in [-0.1, -0.05) is 0 Å². The maximum atomic E-state index is 15.2. The largest absolute Gasteiger partial charge is 0.465 e. The molecule has 1 fully saturated rings. The topological polar surface area (TPSA) is 114 Å². The van der Waals surface area contributed by atoms with Crippen LogP contribution in [-0.2, 0) is 37.3 Å². The minimum Gasteiger partial charge on any atom is -0.465 e. The molecule has 1 heterocycles. The van der Waals surface area contributed by atoms with Crippen molar-refractivity contribution in [3.63, 3.8) is 0 Å². The van der Waals surface area contributed by atoms with E-state index in [1.165, 1.54) is 13.2 Å². The first-order chi connectivity index (χ1) is 12.8. The van der Waals surface area contributed by atoms with Crippen LogP contribution >= 0.6 is 0 Å². The second-order valence-electron chi connectivity index (χ2n) is 6.27. The number of aliphatic hydroxyl groups is 1. The Balaban J connectivity index is 1.97. The molecule has 1 aromatic carbocycles. The molecule has 3 rings (SSSR count). The minimum atomic E-state index is -4.22. The molecule has 2 aliphatic rings. The van der Waals surface area contributed by atoms with E-state index in [1.807, 2.05) is 4.72 Å². The highest BCUT2D eigenvalue weighted by Gasteiger charge is 2.39. The number of halogens is 1. The van der Waals surface area contributed by atoms with E-state index < -0.39 is 34.6 Å². The number of hydrogen-bond acceptors (Lipinski definition) is 7. The number of ether oxygens (including phenoxy) is 3. The zero-order chi connectivity index (χ0) is 19.6. The summed E-state index contributed by atoms with van der Waals surface area (Å²) in [6, 6.07) is 1.54. The first-order valence-electron chi connectivity index (χ1n) is 8.38. The summed E-state index contributed by atoms with van der Waals surface area (Å²) in [5, 5.41) is 9.85. The van der Waals surface area contributed by atoms with Crippen molar-refractivity contribution >= 4 is 21.8 Å². The zero-order valence-electron chi connectivity index (χ0n) is 14.7. The van der Waals surface area contributed by atoms with E-state index >= 15 is 4.39 Å². The third-order valence-corrected chi connectivity index (χ3v) is 5.76. The average Bonchev–Trinajstić information content (AvgIpc) is 2.87. The molecule has 0 radical (unpaired) electrons. The van der Waals surface area contributed by atoms with E-state index in [0.29, 0.717) is 29.3 Å². The van der Waals surface area contributed by atoms with Crippen molar-refractivity contribution < 1.29 is 36.9 Å². The lowest BCUT2D eigenvalue weighted by molar-refractivity contribution is -0.117. The van der Waals surface area contributed by atoms with Gasteiger partial charge in [-0.3, -0.25) is 4.79 Å². The molecule has 0 spiro atoms. The summed E-state index contributed by atoms with van der Waals surface area (Å²) in [6.45, 7) is -0.215. The lowest BCUT2D eigenvalue weighted by atomic mass is 9.88. The smallest absolute Gasteiger partial charge is 0.326 e. The number of hydrogen-bond donors (Lipinski definition) is 2. The number of carbonyl (C=O) groups is 1. The number of aryl methyl sites for hydroxylation is 1. The molecule has 11 heteroatoms. The fourth-order valence-corrected chi connectivity index (χ4v) is 4.26. The van der Waals surface area contributed by atoms with Crippen LogP contribution in [-0.4, -0.2) is 59.2 Å². The van der Waals surface area contributed by atoms with Gasteiger partial charge in [0.2, 0.25) is 0 Å². The number of aliphatic hydroxyl groups excluding tert-OH is 1. The summed E-state index contributed by atoms with van der Waals surface area (Å²) in [4.78, 5) is 11.6. The van der Waals surface area contributed by atoms with E-state index in [2.05, 4.69) is 0 Å². The van der Waals surface area contributed by atoms with Gasteiger partial charge in [-0.05, 0) is 30.0 Å². The number of fused-ring (bicyclic) bond motifs is 1. The number of carbonyl (C=O) groups excluding carboxylic acids is 1. The van der Waals surface area contributed by atoms with Crippen LogP contribution in [0.15, 0.2) is 6.07 Å². The van der Waals surface area contributed by atoms with E-state index in [0.717, 1.165) is 0 Å². The molecule has 1 amide bonds. The van der Waals surface area contributed by atoms with Crippen LogP contribution in [0.5, 0.6) is 5.75 Å². The van der Waals surface area contributed by atoms with Crippen molar-refractivity contribution in [3.8, 4) is 5.75 Å². The van der Waals surface area contributed by atoms with Gasteiger partial charge in [0.05, 0.1) is 19.3 Å². The van der Waals surface area contributed by atoms with Crippen LogP contribution in [0.4, 0.5) is 10.1 Å². The van der Waals surface area contributed by atoms with Crippen LogP contribution < -0.4 is 13.8 Å². The van der Waals surface area contributed by atoms with Gasteiger partial charge in [0.15, 0.2) is 12.6 Å². The maximum Gasteiger partial charge on any atom is 0.326 e. The van der Waals surface area contributed by atoms with Gasteiger partial charge in [0, 0.05) is 13.5 Å². The monoisotopic (exact) mass is 404 g/mol. The van der Waals surface area contributed by atoms with E-state index in [4.69, 9.17) is 14.2 Å². The van der Waals surface area contributed by atoms with Gasteiger partial charge in [0.1, 0.15) is 18.0 Å². The fraction of sp³-hybridized carbons (Fsp3) is 0.562. The summed E-state index contributed by atoms with van der Waals surface area (Å²) >= 11 is 0. The molecule has 1 atom stereocenters. The summed E-state index contributed by atoms with van der Waals surface area (Å²) < 4.78 is 57.6. The zero-order valence-corrected chi connectivity index (χ0v) is 15.6. The average molecular weight is 404 g/mol. The van der Waals surface area contributed by atoms with Crippen molar-refractivity contribution in [1.29, 1.82) is 0 Å². The Morgan fingerprint density at radius 2 is 2.19 bits per heavy atom. The number of anilines is 1. The molecule has 0 bridgehead atoms. The molecule has 0 saturated carbocycles. The molecule has 1 aliphatic carbocycles.